The topological polar surface area (TPSA) is 74.7 Å². The summed E-state index contributed by atoms with van der Waals surface area (Å²) < 4.78 is 5.26. The number of nitrogens with one attached hydrogen (secondary N) is 1. The fourth-order valence-electron chi connectivity index (χ4n) is 1.31. The van der Waals surface area contributed by atoms with Gasteiger partial charge >= 0.3 is 0 Å². The summed E-state index contributed by atoms with van der Waals surface area (Å²) in [4.78, 5) is 7.93. The van der Waals surface area contributed by atoms with Crippen LogP contribution in [0.1, 0.15) is 17.1 Å². The summed E-state index contributed by atoms with van der Waals surface area (Å²) in [5.41, 5.74) is 1.29. The Morgan fingerprint density at radius 1 is 1.56 bits per heavy atom. The molecular weight excluding hydrogens is 204 g/mol. The Hall–Kier alpha value is -2.35. The highest BCUT2D eigenvalue weighted by molar-refractivity contribution is 5.45. The molecule has 0 saturated carbocycles. The van der Waals surface area contributed by atoms with Gasteiger partial charge in [0.15, 0.2) is 5.89 Å². The van der Waals surface area contributed by atoms with E-state index >= 15 is 0 Å². The third-order valence-corrected chi connectivity index (χ3v) is 2.02. The van der Waals surface area contributed by atoms with Crippen LogP contribution in [0.25, 0.3) is 0 Å². The van der Waals surface area contributed by atoms with Gasteiger partial charge in [0.05, 0.1) is 0 Å². The summed E-state index contributed by atoms with van der Waals surface area (Å²) in [5, 5.41) is 11.8. The Balaban J connectivity index is 2.08. The zero-order valence-corrected chi connectivity index (χ0v) is 8.77. The van der Waals surface area contributed by atoms with Gasteiger partial charge in [0.25, 0.3) is 0 Å². The van der Waals surface area contributed by atoms with E-state index in [0.29, 0.717) is 18.3 Å². The number of aromatic nitrogens is 2. The molecule has 0 fully saturated rings. The Morgan fingerprint density at radius 3 is 3.12 bits per heavy atom. The number of hydrogen-bond acceptors (Lipinski definition) is 5. The Kier molecular flexibility index (Phi) is 2.83. The molecule has 80 valence electrons. The SMILES string of the molecule is Cc1nc(C#N)c(NCc2cccnc2)o1. The highest BCUT2D eigenvalue weighted by Crippen LogP contribution is 2.16. The molecule has 0 unspecified atom stereocenters. The zero-order chi connectivity index (χ0) is 11.4. The molecular formula is C11H10N4O. The first-order valence-electron chi connectivity index (χ1n) is 4.80. The van der Waals surface area contributed by atoms with Crippen molar-refractivity contribution in [3.8, 4) is 6.07 Å². The first-order chi connectivity index (χ1) is 7.79. The van der Waals surface area contributed by atoms with E-state index in [9.17, 15) is 0 Å². The molecule has 0 bridgehead atoms. The van der Waals surface area contributed by atoms with Crippen LogP contribution in [0.2, 0.25) is 0 Å². The fraction of sp³-hybridized carbons (Fsp3) is 0.182. The molecule has 1 N–H and O–H groups in total. The molecule has 0 saturated heterocycles. The minimum Gasteiger partial charge on any atom is -0.424 e. The lowest BCUT2D eigenvalue weighted by molar-refractivity contribution is 0.532. The fourth-order valence-corrected chi connectivity index (χ4v) is 1.31. The van der Waals surface area contributed by atoms with Crippen LogP contribution in [-0.4, -0.2) is 9.97 Å². The number of hydrogen-bond donors (Lipinski definition) is 1. The molecule has 0 aliphatic rings. The number of oxazole rings is 1. The number of nitriles is 1. The summed E-state index contributed by atoms with van der Waals surface area (Å²) in [6.45, 7) is 2.26. The van der Waals surface area contributed by atoms with Crippen molar-refractivity contribution >= 4 is 5.88 Å². The highest BCUT2D eigenvalue weighted by atomic mass is 16.4. The summed E-state index contributed by atoms with van der Waals surface area (Å²) in [6, 6.07) is 5.76. The van der Waals surface area contributed by atoms with Gasteiger partial charge < -0.3 is 9.73 Å². The van der Waals surface area contributed by atoms with Gasteiger partial charge in [-0.3, -0.25) is 4.98 Å². The first kappa shape index (κ1) is 10.2. The van der Waals surface area contributed by atoms with Crippen molar-refractivity contribution in [2.24, 2.45) is 0 Å². The number of aryl methyl sites for hydroxylation is 1. The van der Waals surface area contributed by atoms with Gasteiger partial charge in [0, 0.05) is 25.9 Å². The van der Waals surface area contributed by atoms with Crippen LogP contribution in [0, 0.1) is 18.3 Å². The maximum Gasteiger partial charge on any atom is 0.232 e. The lowest BCUT2D eigenvalue weighted by Crippen LogP contribution is -1.99. The van der Waals surface area contributed by atoms with Gasteiger partial charge in [-0.05, 0) is 11.6 Å². The van der Waals surface area contributed by atoms with Crippen LogP contribution in [0.15, 0.2) is 28.9 Å². The van der Waals surface area contributed by atoms with E-state index in [1.807, 2.05) is 18.2 Å². The quantitative estimate of drug-likeness (QED) is 0.844. The summed E-state index contributed by atoms with van der Waals surface area (Å²) in [5.74, 6) is 0.883. The van der Waals surface area contributed by atoms with Gasteiger partial charge in [0.2, 0.25) is 11.6 Å². The molecule has 2 aromatic rings. The average molecular weight is 214 g/mol. The molecule has 2 aromatic heterocycles. The van der Waals surface area contributed by atoms with Crippen molar-refractivity contribution in [3.05, 3.63) is 41.7 Å². The van der Waals surface area contributed by atoms with Gasteiger partial charge in [-0.15, -0.1) is 0 Å². The molecule has 0 aliphatic heterocycles. The van der Waals surface area contributed by atoms with Gasteiger partial charge in [-0.1, -0.05) is 6.07 Å². The lowest BCUT2D eigenvalue weighted by atomic mass is 10.3. The maximum absolute atomic E-state index is 8.80. The summed E-state index contributed by atoms with van der Waals surface area (Å²) >= 11 is 0. The molecule has 0 aromatic carbocycles. The van der Waals surface area contributed by atoms with E-state index in [2.05, 4.69) is 15.3 Å². The molecule has 5 nitrogen and oxygen atoms in total. The third-order valence-electron chi connectivity index (χ3n) is 2.02. The number of nitrogens with zero attached hydrogens (tertiary/aromatic N) is 3. The second kappa shape index (κ2) is 4.45. The normalized spacial score (nSPS) is 9.75. The van der Waals surface area contributed by atoms with E-state index in [4.69, 9.17) is 9.68 Å². The van der Waals surface area contributed by atoms with Crippen molar-refractivity contribution in [1.29, 1.82) is 5.26 Å². The molecule has 0 spiro atoms. The van der Waals surface area contributed by atoms with Crippen molar-refractivity contribution < 1.29 is 4.42 Å². The van der Waals surface area contributed by atoms with Crippen molar-refractivity contribution in [2.45, 2.75) is 13.5 Å². The molecule has 0 radical (unpaired) electrons. The zero-order valence-electron chi connectivity index (χ0n) is 8.77. The molecule has 0 aliphatic carbocycles. The van der Waals surface area contributed by atoms with E-state index in [1.54, 1.807) is 19.3 Å². The summed E-state index contributed by atoms with van der Waals surface area (Å²) in [7, 11) is 0. The minimum absolute atomic E-state index is 0.279. The smallest absolute Gasteiger partial charge is 0.232 e. The molecule has 0 atom stereocenters. The number of pyridine rings is 1. The van der Waals surface area contributed by atoms with Crippen LogP contribution in [0.4, 0.5) is 5.88 Å². The average Bonchev–Trinajstić information content (AvgIpc) is 2.68. The maximum atomic E-state index is 8.80. The molecule has 16 heavy (non-hydrogen) atoms. The molecule has 2 heterocycles. The predicted octanol–water partition coefficient (Wildman–Crippen LogP) is 1.86. The summed E-state index contributed by atoms with van der Waals surface area (Å²) in [6.07, 6.45) is 3.46. The van der Waals surface area contributed by atoms with E-state index in [0.717, 1.165) is 5.56 Å². The number of rotatable bonds is 3. The Labute approximate surface area is 92.8 Å². The second-order valence-electron chi connectivity index (χ2n) is 3.24. The predicted molar refractivity (Wildman–Crippen MR) is 57.5 cm³/mol. The minimum atomic E-state index is 0.279. The van der Waals surface area contributed by atoms with Crippen LogP contribution < -0.4 is 5.32 Å². The van der Waals surface area contributed by atoms with Gasteiger partial charge in [-0.2, -0.15) is 5.26 Å². The highest BCUT2D eigenvalue weighted by Gasteiger charge is 2.09. The monoisotopic (exact) mass is 214 g/mol. The van der Waals surface area contributed by atoms with E-state index in [1.165, 1.54) is 0 Å². The van der Waals surface area contributed by atoms with E-state index in [-0.39, 0.29) is 5.69 Å². The Bertz CT molecular complexity index is 513. The first-order valence-corrected chi connectivity index (χ1v) is 4.80. The van der Waals surface area contributed by atoms with E-state index < -0.39 is 0 Å². The molecule has 2 rings (SSSR count). The Morgan fingerprint density at radius 2 is 2.44 bits per heavy atom. The van der Waals surface area contributed by atoms with Crippen LogP contribution >= 0.6 is 0 Å². The van der Waals surface area contributed by atoms with Crippen molar-refractivity contribution in [2.75, 3.05) is 5.32 Å². The van der Waals surface area contributed by atoms with Gasteiger partial charge in [0.1, 0.15) is 6.07 Å². The number of anilines is 1. The van der Waals surface area contributed by atoms with Crippen LogP contribution in [-0.2, 0) is 6.54 Å². The van der Waals surface area contributed by atoms with Crippen molar-refractivity contribution in [1.82, 2.24) is 9.97 Å². The third kappa shape index (κ3) is 2.17. The lowest BCUT2D eigenvalue weighted by Gasteiger charge is -2.01. The molecule has 5 heteroatoms. The van der Waals surface area contributed by atoms with Crippen molar-refractivity contribution in [3.63, 3.8) is 0 Å². The largest absolute Gasteiger partial charge is 0.424 e. The second-order valence-corrected chi connectivity index (χ2v) is 3.24. The molecule has 0 amide bonds. The van der Waals surface area contributed by atoms with Crippen LogP contribution in [0.3, 0.4) is 0 Å². The van der Waals surface area contributed by atoms with Crippen LogP contribution in [0.5, 0.6) is 0 Å². The standard InChI is InChI=1S/C11H10N4O/c1-8-15-10(5-12)11(16-8)14-7-9-3-2-4-13-6-9/h2-4,6,14H,7H2,1H3. The van der Waals surface area contributed by atoms with Gasteiger partial charge in [-0.25, -0.2) is 4.98 Å².